The SMILES string of the molecule is CCNc1ccccc1.N. The number of rotatable bonds is 2. The zero-order chi connectivity index (χ0) is 6.53. The van der Waals surface area contributed by atoms with Crippen molar-refractivity contribution in [3.05, 3.63) is 30.3 Å². The molecule has 1 aromatic carbocycles. The number of nitrogens with one attached hydrogen (secondary N) is 1. The summed E-state index contributed by atoms with van der Waals surface area (Å²) in [6.07, 6.45) is 0. The third-order valence-electron chi connectivity index (χ3n) is 1.15. The normalized spacial score (nSPS) is 8.10. The lowest BCUT2D eigenvalue weighted by Crippen LogP contribution is -1.94. The molecule has 1 aromatic rings. The molecule has 0 spiro atoms. The Bertz CT molecular complexity index is 160. The molecule has 2 nitrogen and oxygen atoms in total. The standard InChI is InChI=1S/C8H11N.H3N/c1-2-9-8-6-4-3-5-7-8;/h3-7,9H,2H2,1H3;1H3. The van der Waals surface area contributed by atoms with Crippen molar-refractivity contribution in [2.45, 2.75) is 6.92 Å². The van der Waals surface area contributed by atoms with Crippen LogP contribution in [0.15, 0.2) is 30.3 Å². The van der Waals surface area contributed by atoms with Crippen molar-refractivity contribution in [2.75, 3.05) is 11.9 Å². The molecule has 0 saturated heterocycles. The molecule has 0 saturated carbocycles. The highest BCUT2D eigenvalue weighted by atomic mass is 14.8. The predicted octanol–water partition coefficient (Wildman–Crippen LogP) is 2.28. The van der Waals surface area contributed by atoms with E-state index in [1.54, 1.807) is 0 Å². The van der Waals surface area contributed by atoms with E-state index in [-0.39, 0.29) is 6.15 Å². The third kappa shape index (κ3) is 2.51. The van der Waals surface area contributed by atoms with Crippen molar-refractivity contribution < 1.29 is 0 Å². The Morgan fingerprint density at radius 3 is 2.30 bits per heavy atom. The van der Waals surface area contributed by atoms with Crippen LogP contribution in [0.4, 0.5) is 5.69 Å². The van der Waals surface area contributed by atoms with Gasteiger partial charge in [-0.3, -0.25) is 0 Å². The van der Waals surface area contributed by atoms with E-state index in [1.165, 1.54) is 5.69 Å². The van der Waals surface area contributed by atoms with E-state index >= 15 is 0 Å². The minimum atomic E-state index is 0. The van der Waals surface area contributed by atoms with Gasteiger partial charge in [-0.1, -0.05) is 18.2 Å². The monoisotopic (exact) mass is 138 g/mol. The largest absolute Gasteiger partial charge is 0.385 e. The van der Waals surface area contributed by atoms with Gasteiger partial charge in [0.05, 0.1) is 0 Å². The van der Waals surface area contributed by atoms with Crippen LogP contribution in [0, 0.1) is 0 Å². The molecule has 0 bridgehead atoms. The van der Waals surface area contributed by atoms with Crippen LogP contribution in [-0.2, 0) is 0 Å². The lowest BCUT2D eigenvalue weighted by molar-refractivity contribution is 1.21. The summed E-state index contributed by atoms with van der Waals surface area (Å²) in [4.78, 5) is 0. The van der Waals surface area contributed by atoms with Gasteiger partial charge in [0.1, 0.15) is 0 Å². The van der Waals surface area contributed by atoms with Crippen molar-refractivity contribution >= 4 is 5.69 Å². The van der Waals surface area contributed by atoms with Crippen molar-refractivity contribution in [2.24, 2.45) is 0 Å². The number of benzene rings is 1. The van der Waals surface area contributed by atoms with Crippen LogP contribution in [0.25, 0.3) is 0 Å². The van der Waals surface area contributed by atoms with Crippen LogP contribution in [-0.4, -0.2) is 6.54 Å². The van der Waals surface area contributed by atoms with Crippen LogP contribution in [0.1, 0.15) is 6.92 Å². The maximum Gasteiger partial charge on any atom is 0.0340 e. The Morgan fingerprint density at radius 1 is 1.20 bits per heavy atom. The summed E-state index contributed by atoms with van der Waals surface area (Å²) in [6, 6.07) is 10.2. The number of hydrogen-bond donors (Lipinski definition) is 2. The Morgan fingerprint density at radius 2 is 1.80 bits per heavy atom. The van der Waals surface area contributed by atoms with Gasteiger partial charge >= 0.3 is 0 Å². The summed E-state index contributed by atoms with van der Waals surface area (Å²) in [5.74, 6) is 0. The molecule has 0 aliphatic heterocycles. The molecule has 4 N–H and O–H groups in total. The molecule has 0 aliphatic carbocycles. The number of hydrogen-bond acceptors (Lipinski definition) is 2. The zero-order valence-corrected chi connectivity index (χ0v) is 6.30. The number of para-hydroxylation sites is 1. The van der Waals surface area contributed by atoms with E-state index in [4.69, 9.17) is 0 Å². The van der Waals surface area contributed by atoms with E-state index in [0.717, 1.165) is 6.54 Å². The highest BCUT2D eigenvalue weighted by Crippen LogP contribution is 2.02. The molecule has 0 radical (unpaired) electrons. The van der Waals surface area contributed by atoms with Crippen molar-refractivity contribution in [3.63, 3.8) is 0 Å². The molecule has 0 fully saturated rings. The summed E-state index contributed by atoms with van der Waals surface area (Å²) in [6.45, 7) is 3.08. The van der Waals surface area contributed by atoms with Gasteiger partial charge in [0.15, 0.2) is 0 Å². The summed E-state index contributed by atoms with van der Waals surface area (Å²) in [7, 11) is 0. The van der Waals surface area contributed by atoms with Gasteiger partial charge in [-0.25, -0.2) is 0 Å². The van der Waals surface area contributed by atoms with E-state index in [1.807, 2.05) is 18.2 Å². The van der Waals surface area contributed by atoms with E-state index in [0.29, 0.717) is 0 Å². The first-order valence-corrected chi connectivity index (χ1v) is 3.22. The van der Waals surface area contributed by atoms with Crippen LogP contribution < -0.4 is 11.5 Å². The molecule has 0 heterocycles. The summed E-state index contributed by atoms with van der Waals surface area (Å²) >= 11 is 0. The van der Waals surface area contributed by atoms with Crippen LogP contribution in [0.5, 0.6) is 0 Å². The van der Waals surface area contributed by atoms with Gasteiger partial charge in [-0.15, -0.1) is 0 Å². The highest BCUT2D eigenvalue weighted by Gasteiger charge is 1.81. The fourth-order valence-corrected chi connectivity index (χ4v) is 0.760. The molecule has 0 unspecified atom stereocenters. The van der Waals surface area contributed by atoms with Gasteiger partial charge in [0.2, 0.25) is 0 Å². The molecular formula is C8H14N2. The van der Waals surface area contributed by atoms with E-state index in [2.05, 4.69) is 24.4 Å². The molecule has 1 rings (SSSR count). The second-order valence-corrected chi connectivity index (χ2v) is 1.90. The van der Waals surface area contributed by atoms with E-state index in [9.17, 15) is 0 Å². The summed E-state index contributed by atoms with van der Waals surface area (Å²) in [5, 5.41) is 3.21. The number of anilines is 1. The van der Waals surface area contributed by atoms with Crippen LogP contribution >= 0.6 is 0 Å². The molecule has 56 valence electrons. The van der Waals surface area contributed by atoms with Crippen molar-refractivity contribution in [1.29, 1.82) is 0 Å². The fraction of sp³-hybridized carbons (Fsp3) is 0.250. The van der Waals surface area contributed by atoms with Gasteiger partial charge in [-0.2, -0.15) is 0 Å². The first-order chi connectivity index (χ1) is 4.43. The minimum Gasteiger partial charge on any atom is -0.385 e. The Balaban J connectivity index is 0.000000810. The van der Waals surface area contributed by atoms with Crippen LogP contribution in [0.3, 0.4) is 0 Å². The Kier molecular flexibility index (Phi) is 4.33. The van der Waals surface area contributed by atoms with Gasteiger partial charge in [-0.05, 0) is 19.1 Å². The molecule has 0 atom stereocenters. The lowest BCUT2D eigenvalue weighted by atomic mass is 10.3. The topological polar surface area (TPSA) is 47.0 Å². The maximum atomic E-state index is 3.21. The first-order valence-electron chi connectivity index (χ1n) is 3.22. The first kappa shape index (κ1) is 8.98. The Hall–Kier alpha value is -1.02. The molecule has 10 heavy (non-hydrogen) atoms. The van der Waals surface area contributed by atoms with Crippen molar-refractivity contribution in [1.82, 2.24) is 6.15 Å². The average Bonchev–Trinajstić information content (AvgIpc) is 1.91. The average molecular weight is 138 g/mol. The maximum absolute atomic E-state index is 3.21. The Labute approximate surface area is 61.8 Å². The zero-order valence-electron chi connectivity index (χ0n) is 6.30. The second-order valence-electron chi connectivity index (χ2n) is 1.90. The summed E-state index contributed by atoms with van der Waals surface area (Å²) in [5.41, 5.74) is 1.19. The van der Waals surface area contributed by atoms with Crippen LogP contribution in [0.2, 0.25) is 0 Å². The smallest absolute Gasteiger partial charge is 0.0340 e. The third-order valence-corrected chi connectivity index (χ3v) is 1.15. The van der Waals surface area contributed by atoms with Gasteiger partial charge in [0.25, 0.3) is 0 Å². The fourth-order valence-electron chi connectivity index (χ4n) is 0.760. The molecule has 0 aliphatic rings. The second kappa shape index (κ2) is 4.82. The molecule has 2 heteroatoms. The highest BCUT2D eigenvalue weighted by molar-refractivity contribution is 5.41. The quantitative estimate of drug-likeness (QED) is 0.658. The molecular weight excluding hydrogens is 124 g/mol. The minimum absolute atomic E-state index is 0. The van der Waals surface area contributed by atoms with Gasteiger partial charge < -0.3 is 11.5 Å². The molecule has 0 aromatic heterocycles. The van der Waals surface area contributed by atoms with Crippen molar-refractivity contribution in [3.8, 4) is 0 Å². The van der Waals surface area contributed by atoms with E-state index < -0.39 is 0 Å². The summed E-state index contributed by atoms with van der Waals surface area (Å²) < 4.78 is 0. The molecule has 0 amide bonds. The predicted molar refractivity (Wildman–Crippen MR) is 45.6 cm³/mol. The lowest BCUT2D eigenvalue weighted by Gasteiger charge is -1.99. The van der Waals surface area contributed by atoms with Gasteiger partial charge in [0, 0.05) is 12.2 Å².